The largest absolute Gasteiger partial charge is 0.325 e. The van der Waals surface area contributed by atoms with Crippen LogP contribution in [0.4, 0.5) is 0 Å². The van der Waals surface area contributed by atoms with Gasteiger partial charge < -0.3 is 4.90 Å². The van der Waals surface area contributed by atoms with Crippen LogP contribution in [0.3, 0.4) is 0 Å². The Morgan fingerprint density at radius 1 is 1.24 bits per heavy atom. The molecule has 3 rings (SSSR count). The van der Waals surface area contributed by atoms with Crippen LogP contribution in [0.1, 0.15) is 46.0 Å². The number of rotatable bonds is 5. The summed E-state index contributed by atoms with van der Waals surface area (Å²) in [4.78, 5) is 14.6. The summed E-state index contributed by atoms with van der Waals surface area (Å²) in [6, 6.07) is 0.669. The van der Waals surface area contributed by atoms with E-state index in [-0.39, 0.29) is 6.04 Å². The van der Waals surface area contributed by atoms with E-state index in [1.54, 1.807) is 0 Å². The van der Waals surface area contributed by atoms with Crippen molar-refractivity contribution in [2.75, 3.05) is 6.67 Å². The highest BCUT2D eigenvalue weighted by molar-refractivity contribution is 5.84. The van der Waals surface area contributed by atoms with Crippen molar-refractivity contribution in [1.82, 2.24) is 10.2 Å². The summed E-state index contributed by atoms with van der Waals surface area (Å²) in [7, 11) is 0. The van der Waals surface area contributed by atoms with Gasteiger partial charge >= 0.3 is 0 Å². The fraction of sp³-hybridized carbons (Fsp3) is 0.929. The van der Waals surface area contributed by atoms with E-state index in [4.69, 9.17) is 0 Å². The molecule has 0 spiro atoms. The van der Waals surface area contributed by atoms with Gasteiger partial charge in [-0.25, -0.2) is 0 Å². The van der Waals surface area contributed by atoms with Crippen molar-refractivity contribution < 1.29 is 4.79 Å². The molecule has 1 saturated heterocycles. The number of hydrogen-bond acceptors (Lipinski definition) is 2. The van der Waals surface area contributed by atoms with E-state index in [0.29, 0.717) is 17.9 Å². The van der Waals surface area contributed by atoms with Gasteiger partial charge in [0.2, 0.25) is 5.91 Å². The zero-order chi connectivity index (χ0) is 12.0. The Hall–Kier alpha value is -0.570. The molecule has 2 aliphatic carbocycles. The number of carbonyl (C=O) groups excluding carboxylic acids is 1. The average Bonchev–Trinajstić information content (AvgIpc) is 3.12. The maximum atomic E-state index is 12.4. The molecular weight excluding hydrogens is 212 g/mol. The third kappa shape index (κ3) is 2.35. The minimum atomic E-state index is 0.0926. The Kier molecular flexibility index (Phi) is 2.89. The highest BCUT2D eigenvalue weighted by atomic mass is 16.2. The van der Waals surface area contributed by atoms with E-state index in [0.717, 1.165) is 24.9 Å². The molecule has 3 heteroatoms. The number of carbonyl (C=O) groups is 1. The van der Waals surface area contributed by atoms with Gasteiger partial charge in [0.15, 0.2) is 0 Å². The van der Waals surface area contributed by atoms with E-state index in [2.05, 4.69) is 24.1 Å². The monoisotopic (exact) mass is 236 g/mol. The first-order valence-corrected chi connectivity index (χ1v) is 7.20. The Morgan fingerprint density at radius 2 is 1.82 bits per heavy atom. The summed E-state index contributed by atoms with van der Waals surface area (Å²) >= 11 is 0. The Balaban J connectivity index is 1.65. The van der Waals surface area contributed by atoms with Gasteiger partial charge in [-0.1, -0.05) is 13.8 Å². The lowest BCUT2D eigenvalue weighted by Gasteiger charge is -2.27. The fourth-order valence-electron chi connectivity index (χ4n) is 3.25. The zero-order valence-electron chi connectivity index (χ0n) is 11.0. The highest BCUT2D eigenvalue weighted by Gasteiger charge is 2.48. The zero-order valence-corrected chi connectivity index (χ0v) is 11.0. The average molecular weight is 236 g/mol. The lowest BCUT2D eigenvalue weighted by atomic mass is 10.0. The molecule has 0 aromatic heterocycles. The number of hydrogen-bond donors (Lipinski definition) is 1. The predicted octanol–water partition coefficient (Wildman–Crippen LogP) is 1.98. The van der Waals surface area contributed by atoms with Crippen LogP contribution in [0.2, 0.25) is 0 Å². The molecule has 0 radical (unpaired) electrons. The molecule has 1 heterocycles. The summed E-state index contributed by atoms with van der Waals surface area (Å²) in [6.45, 7) is 5.18. The van der Waals surface area contributed by atoms with E-state index in [1.807, 2.05) is 0 Å². The third-order valence-electron chi connectivity index (χ3n) is 4.37. The smallest absolute Gasteiger partial charge is 0.241 e. The maximum Gasteiger partial charge on any atom is 0.241 e. The lowest BCUT2D eigenvalue weighted by Crippen LogP contribution is -2.41. The first-order valence-electron chi connectivity index (χ1n) is 7.20. The topological polar surface area (TPSA) is 32.3 Å². The minimum absolute atomic E-state index is 0.0926. The Morgan fingerprint density at radius 3 is 2.29 bits per heavy atom. The van der Waals surface area contributed by atoms with Gasteiger partial charge in [-0.2, -0.15) is 0 Å². The van der Waals surface area contributed by atoms with Gasteiger partial charge in [0.1, 0.15) is 0 Å². The molecule has 3 fully saturated rings. The molecule has 1 unspecified atom stereocenters. The van der Waals surface area contributed by atoms with Crippen LogP contribution in [-0.2, 0) is 4.79 Å². The van der Waals surface area contributed by atoms with Gasteiger partial charge in [0.25, 0.3) is 0 Å². The number of nitrogens with zero attached hydrogens (tertiary/aromatic N) is 1. The summed E-state index contributed by atoms with van der Waals surface area (Å²) in [5.41, 5.74) is 0. The number of nitrogens with one attached hydrogen (secondary N) is 1. The van der Waals surface area contributed by atoms with Gasteiger partial charge in [0.05, 0.1) is 12.7 Å². The second-order valence-corrected chi connectivity index (χ2v) is 6.52. The van der Waals surface area contributed by atoms with Crippen LogP contribution in [0.15, 0.2) is 0 Å². The summed E-state index contributed by atoms with van der Waals surface area (Å²) in [6.07, 6.45) is 6.37. The van der Waals surface area contributed by atoms with Crippen molar-refractivity contribution in [1.29, 1.82) is 0 Å². The van der Waals surface area contributed by atoms with Gasteiger partial charge in [-0.3, -0.25) is 10.1 Å². The fourth-order valence-corrected chi connectivity index (χ4v) is 3.25. The third-order valence-corrected chi connectivity index (χ3v) is 4.37. The van der Waals surface area contributed by atoms with Crippen LogP contribution >= 0.6 is 0 Å². The first kappa shape index (κ1) is 11.5. The molecule has 1 aliphatic heterocycles. The molecular formula is C14H24N2O. The van der Waals surface area contributed by atoms with Crippen LogP contribution in [0.25, 0.3) is 0 Å². The first-order chi connectivity index (χ1) is 8.16. The van der Waals surface area contributed by atoms with Gasteiger partial charge in [-0.15, -0.1) is 0 Å². The minimum Gasteiger partial charge on any atom is -0.325 e. The standard InChI is InChI=1S/C14H24N2O/c1-9(2)7-12-14(17)16(8-15-12)13(10-3-4-10)11-5-6-11/h9-13,15H,3-8H2,1-2H3. The normalized spacial score (nSPS) is 29.8. The van der Waals surface area contributed by atoms with Crippen LogP contribution < -0.4 is 5.32 Å². The van der Waals surface area contributed by atoms with E-state index < -0.39 is 0 Å². The van der Waals surface area contributed by atoms with E-state index >= 15 is 0 Å². The molecule has 2 saturated carbocycles. The molecule has 0 aromatic rings. The van der Waals surface area contributed by atoms with Crippen molar-refractivity contribution >= 4 is 5.91 Å². The van der Waals surface area contributed by atoms with Crippen molar-refractivity contribution in [3.05, 3.63) is 0 Å². The lowest BCUT2D eigenvalue weighted by molar-refractivity contribution is -0.132. The van der Waals surface area contributed by atoms with Crippen molar-refractivity contribution in [2.45, 2.75) is 58.0 Å². The van der Waals surface area contributed by atoms with Crippen molar-refractivity contribution in [3.63, 3.8) is 0 Å². The Labute approximate surface area is 104 Å². The predicted molar refractivity (Wildman–Crippen MR) is 67.3 cm³/mol. The van der Waals surface area contributed by atoms with Crippen molar-refractivity contribution in [2.24, 2.45) is 17.8 Å². The second kappa shape index (κ2) is 4.27. The SMILES string of the molecule is CC(C)CC1NCN(C(C2CC2)C2CC2)C1=O. The quantitative estimate of drug-likeness (QED) is 0.791. The molecule has 17 heavy (non-hydrogen) atoms. The summed E-state index contributed by atoms with van der Waals surface area (Å²) in [5.74, 6) is 2.62. The van der Waals surface area contributed by atoms with Crippen LogP contribution in [0.5, 0.6) is 0 Å². The summed E-state index contributed by atoms with van der Waals surface area (Å²) < 4.78 is 0. The van der Waals surface area contributed by atoms with E-state index in [1.165, 1.54) is 25.7 Å². The number of amides is 1. The molecule has 0 aromatic carbocycles. The van der Waals surface area contributed by atoms with E-state index in [9.17, 15) is 4.79 Å². The molecule has 0 bridgehead atoms. The summed E-state index contributed by atoms with van der Waals surface area (Å²) in [5, 5.41) is 3.41. The second-order valence-electron chi connectivity index (χ2n) is 6.52. The van der Waals surface area contributed by atoms with Crippen molar-refractivity contribution in [3.8, 4) is 0 Å². The van der Waals surface area contributed by atoms with Gasteiger partial charge in [-0.05, 0) is 49.9 Å². The van der Waals surface area contributed by atoms with Crippen LogP contribution in [0, 0.1) is 17.8 Å². The molecule has 1 atom stereocenters. The van der Waals surface area contributed by atoms with Crippen LogP contribution in [-0.4, -0.2) is 29.6 Å². The van der Waals surface area contributed by atoms with Gasteiger partial charge in [0, 0.05) is 6.04 Å². The maximum absolute atomic E-state index is 12.4. The Bertz CT molecular complexity index is 295. The molecule has 1 amide bonds. The molecule has 1 N–H and O–H groups in total. The highest BCUT2D eigenvalue weighted by Crippen LogP contribution is 2.47. The molecule has 96 valence electrons. The molecule has 3 nitrogen and oxygen atoms in total. The molecule has 3 aliphatic rings.